The summed E-state index contributed by atoms with van der Waals surface area (Å²) >= 11 is 0. The summed E-state index contributed by atoms with van der Waals surface area (Å²) in [5.74, 6) is 1.24. The molecule has 4 nitrogen and oxygen atoms in total. The molecule has 4 heteroatoms. The van der Waals surface area contributed by atoms with Crippen LogP contribution in [0.15, 0.2) is 18.6 Å². The maximum absolute atomic E-state index is 5.53. The van der Waals surface area contributed by atoms with Crippen molar-refractivity contribution in [2.75, 3.05) is 19.7 Å². The van der Waals surface area contributed by atoms with E-state index in [9.17, 15) is 0 Å². The fraction of sp³-hybridized carbons (Fsp3) is 0.600. The summed E-state index contributed by atoms with van der Waals surface area (Å²) in [5, 5.41) is 3.36. The van der Waals surface area contributed by atoms with E-state index in [1.54, 1.807) is 18.6 Å². The average Bonchev–Trinajstić information content (AvgIpc) is 2.29. The quantitative estimate of drug-likeness (QED) is 0.773. The van der Waals surface area contributed by atoms with Crippen LogP contribution in [0.4, 0.5) is 0 Å². The smallest absolute Gasteiger partial charge is 0.232 e. The third kappa shape index (κ3) is 2.67. The Morgan fingerprint density at radius 2 is 2.50 bits per heavy atom. The molecule has 0 bridgehead atoms. The molecule has 2 rings (SSSR count). The van der Waals surface area contributed by atoms with Crippen LogP contribution in [0.3, 0.4) is 0 Å². The van der Waals surface area contributed by atoms with Crippen LogP contribution in [0, 0.1) is 5.92 Å². The van der Waals surface area contributed by atoms with Crippen molar-refractivity contribution in [1.82, 2.24) is 15.3 Å². The molecular weight excluding hydrogens is 178 g/mol. The van der Waals surface area contributed by atoms with Gasteiger partial charge in [-0.15, -0.1) is 0 Å². The molecule has 1 aromatic heterocycles. The fourth-order valence-corrected chi connectivity index (χ4v) is 1.63. The highest BCUT2D eigenvalue weighted by Gasteiger charge is 2.13. The van der Waals surface area contributed by atoms with Crippen LogP contribution in [-0.4, -0.2) is 29.7 Å². The highest BCUT2D eigenvalue weighted by molar-refractivity contribution is 5.01. The number of nitrogens with zero attached hydrogens (tertiary/aromatic N) is 2. The lowest BCUT2D eigenvalue weighted by molar-refractivity contribution is 0.211. The van der Waals surface area contributed by atoms with E-state index >= 15 is 0 Å². The molecular formula is C10H15N3O. The van der Waals surface area contributed by atoms with Gasteiger partial charge in [-0.2, -0.15) is 0 Å². The minimum absolute atomic E-state index is 0.616. The predicted molar refractivity (Wildman–Crippen MR) is 53.1 cm³/mol. The topological polar surface area (TPSA) is 47.0 Å². The van der Waals surface area contributed by atoms with Gasteiger partial charge in [-0.3, -0.25) is 4.98 Å². The van der Waals surface area contributed by atoms with Crippen molar-refractivity contribution in [3.05, 3.63) is 18.6 Å². The SMILES string of the molecule is c1cnc(OC[C@@H]2CCCNC2)cn1. The molecule has 0 aromatic carbocycles. The van der Waals surface area contributed by atoms with Gasteiger partial charge in [0, 0.05) is 24.9 Å². The Hall–Kier alpha value is -1.16. The minimum Gasteiger partial charge on any atom is -0.476 e. The molecule has 0 amide bonds. The normalized spacial score (nSPS) is 21.9. The molecule has 1 saturated heterocycles. The minimum atomic E-state index is 0.616. The molecule has 0 spiro atoms. The first kappa shape index (κ1) is 9.40. The zero-order chi connectivity index (χ0) is 9.64. The van der Waals surface area contributed by atoms with Crippen molar-refractivity contribution in [1.29, 1.82) is 0 Å². The molecule has 1 aliphatic heterocycles. The first-order chi connectivity index (χ1) is 6.95. The molecule has 1 aromatic rings. The highest BCUT2D eigenvalue weighted by Crippen LogP contribution is 2.11. The zero-order valence-corrected chi connectivity index (χ0v) is 8.15. The summed E-state index contributed by atoms with van der Waals surface area (Å²) in [6, 6.07) is 0. The Morgan fingerprint density at radius 1 is 1.50 bits per heavy atom. The Bertz CT molecular complexity index is 259. The summed E-state index contributed by atoms with van der Waals surface area (Å²) in [4.78, 5) is 8.00. The van der Waals surface area contributed by atoms with E-state index in [1.807, 2.05) is 0 Å². The summed E-state index contributed by atoms with van der Waals surface area (Å²) in [6.07, 6.45) is 7.43. The Balaban J connectivity index is 1.76. The summed E-state index contributed by atoms with van der Waals surface area (Å²) in [5.41, 5.74) is 0. The van der Waals surface area contributed by atoms with Crippen molar-refractivity contribution in [3.8, 4) is 5.88 Å². The van der Waals surface area contributed by atoms with Crippen LogP contribution in [0.2, 0.25) is 0 Å². The van der Waals surface area contributed by atoms with E-state index in [0.717, 1.165) is 19.7 Å². The van der Waals surface area contributed by atoms with Crippen LogP contribution >= 0.6 is 0 Å². The number of piperidine rings is 1. The van der Waals surface area contributed by atoms with E-state index in [0.29, 0.717) is 11.8 Å². The molecule has 76 valence electrons. The van der Waals surface area contributed by atoms with Crippen LogP contribution in [0.1, 0.15) is 12.8 Å². The Labute approximate surface area is 83.7 Å². The molecule has 14 heavy (non-hydrogen) atoms. The van der Waals surface area contributed by atoms with Gasteiger partial charge in [-0.25, -0.2) is 4.98 Å². The average molecular weight is 193 g/mol. The third-order valence-corrected chi connectivity index (χ3v) is 2.41. The monoisotopic (exact) mass is 193 g/mol. The molecule has 1 fully saturated rings. The van der Waals surface area contributed by atoms with Gasteiger partial charge in [-0.1, -0.05) is 0 Å². The first-order valence-corrected chi connectivity index (χ1v) is 5.04. The summed E-state index contributed by atoms with van der Waals surface area (Å²) in [6.45, 7) is 2.94. The van der Waals surface area contributed by atoms with Crippen LogP contribution < -0.4 is 10.1 Å². The van der Waals surface area contributed by atoms with Crippen molar-refractivity contribution in [3.63, 3.8) is 0 Å². The summed E-state index contributed by atoms with van der Waals surface area (Å²) < 4.78 is 5.53. The van der Waals surface area contributed by atoms with Crippen molar-refractivity contribution < 1.29 is 4.74 Å². The molecule has 1 aliphatic rings. The van der Waals surface area contributed by atoms with Gasteiger partial charge in [0.05, 0.1) is 12.8 Å². The van der Waals surface area contributed by atoms with Gasteiger partial charge in [-0.05, 0) is 19.4 Å². The zero-order valence-electron chi connectivity index (χ0n) is 8.15. The summed E-state index contributed by atoms with van der Waals surface area (Å²) in [7, 11) is 0. The molecule has 1 N–H and O–H groups in total. The number of hydrogen-bond donors (Lipinski definition) is 1. The molecule has 1 atom stereocenters. The van der Waals surface area contributed by atoms with Gasteiger partial charge in [0.25, 0.3) is 0 Å². The van der Waals surface area contributed by atoms with Crippen molar-refractivity contribution in [2.24, 2.45) is 5.92 Å². The van der Waals surface area contributed by atoms with Gasteiger partial charge >= 0.3 is 0 Å². The molecule has 0 aliphatic carbocycles. The lowest BCUT2D eigenvalue weighted by Gasteiger charge is -2.22. The second-order valence-corrected chi connectivity index (χ2v) is 3.57. The molecule has 0 unspecified atom stereocenters. The Morgan fingerprint density at radius 3 is 3.21 bits per heavy atom. The lowest BCUT2D eigenvalue weighted by Crippen LogP contribution is -2.33. The van der Waals surface area contributed by atoms with E-state index < -0.39 is 0 Å². The number of nitrogens with one attached hydrogen (secondary N) is 1. The second kappa shape index (κ2) is 4.91. The molecule has 0 saturated carbocycles. The largest absolute Gasteiger partial charge is 0.476 e. The number of ether oxygens (including phenoxy) is 1. The van der Waals surface area contributed by atoms with Gasteiger partial charge in [0.15, 0.2) is 0 Å². The standard InChI is InChI=1S/C10H15N3O/c1-2-9(6-11-3-1)8-14-10-7-12-4-5-13-10/h4-5,7,9,11H,1-3,6,8H2/t9-/m1/s1. The van der Waals surface area contributed by atoms with Crippen molar-refractivity contribution >= 4 is 0 Å². The maximum Gasteiger partial charge on any atom is 0.232 e. The van der Waals surface area contributed by atoms with Gasteiger partial charge in [0.2, 0.25) is 5.88 Å². The number of hydrogen-bond acceptors (Lipinski definition) is 4. The Kier molecular flexibility index (Phi) is 3.29. The number of rotatable bonds is 3. The van der Waals surface area contributed by atoms with Crippen LogP contribution in [0.25, 0.3) is 0 Å². The van der Waals surface area contributed by atoms with E-state index in [2.05, 4.69) is 15.3 Å². The second-order valence-electron chi connectivity index (χ2n) is 3.57. The van der Waals surface area contributed by atoms with Gasteiger partial charge in [0.1, 0.15) is 0 Å². The predicted octanol–water partition coefficient (Wildman–Crippen LogP) is 0.855. The van der Waals surface area contributed by atoms with E-state index in [4.69, 9.17) is 4.74 Å². The highest BCUT2D eigenvalue weighted by atomic mass is 16.5. The maximum atomic E-state index is 5.53. The van der Waals surface area contributed by atoms with E-state index in [1.165, 1.54) is 12.8 Å². The van der Waals surface area contributed by atoms with Gasteiger partial charge < -0.3 is 10.1 Å². The lowest BCUT2D eigenvalue weighted by atomic mass is 10.0. The van der Waals surface area contributed by atoms with Crippen LogP contribution in [-0.2, 0) is 0 Å². The van der Waals surface area contributed by atoms with Crippen LogP contribution in [0.5, 0.6) is 5.88 Å². The molecule has 0 radical (unpaired) electrons. The first-order valence-electron chi connectivity index (χ1n) is 5.04. The number of aromatic nitrogens is 2. The third-order valence-electron chi connectivity index (χ3n) is 2.41. The molecule has 2 heterocycles. The fourth-order valence-electron chi connectivity index (χ4n) is 1.63. The van der Waals surface area contributed by atoms with E-state index in [-0.39, 0.29) is 0 Å². The van der Waals surface area contributed by atoms with Crippen molar-refractivity contribution in [2.45, 2.75) is 12.8 Å².